The van der Waals surface area contributed by atoms with Crippen LogP contribution >= 0.6 is 0 Å². The fourth-order valence-electron chi connectivity index (χ4n) is 1.55. The summed E-state index contributed by atoms with van der Waals surface area (Å²) in [6, 6.07) is 3.46. The van der Waals surface area contributed by atoms with E-state index in [0.717, 1.165) is 6.07 Å². The van der Waals surface area contributed by atoms with Crippen molar-refractivity contribution < 1.29 is 13.9 Å². The van der Waals surface area contributed by atoms with Gasteiger partial charge < -0.3 is 10.4 Å². The zero-order valence-corrected chi connectivity index (χ0v) is 8.85. The van der Waals surface area contributed by atoms with Crippen molar-refractivity contribution in [1.29, 1.82) is 0 Å². The molecule has 2 nitrogen and oxygen atoms in total. The highest BCUT2D eigenvalue weighted by Crippen LogP contribution is 2.26. The Kier molecular flexibility index (Phi) is 3.77. The molecule has 0 aliphatic rings. The van der Waals surface area contributed by atoms with E-state index in [0.29, 0.717) is 12.0 Å². The molecule has 84 valence electrons. The van der Waals surface area contributed by atoms with Crippen molar-refractivity contribution in [2.45, 2.75) is 18.9 Å². The van der Waals surface area contributed by atoms with Gasteiger partial charge in [0.2, 0.25) is 0 Å². The maximum Gasteiger partial charge on any atom is 0.131 e. The molecule has 0 aromatic heterocycles. The summed E-state index contributed by atoms with van der Waals surface area (Å²) in [7, 11) is 1.68. The first-order valence-electron chi connectivity index (χ1n) is 4.79. The lowest BCUT2D eigenvalue weighted by Gasteiger charge is -2.29. The van der Waals surface area contributed by atoms with Crippen LogP contribution in [0.3, 0.4) is 0 Å². The quantitative estimate of drug-likeness (QED) is 0.802. The molecule has 15 heavy (non-hydrogen) atoms. The van der Waals surface area contributed by atoms with Gasteiger partial charge >= 0.3 is 0 Å². The lowest BCUT2D eigenvalue weighted by Crippen LogP contribution is -2.38. The van der Waals surface area contributed by atoms with Gasteiger partial charge in [-0.3, -0.25) is 0 Å². The van der Waals surface area contributed by atoms with E-state index >= 15 is 0 Å². The molecule has 0 spiro atoms. The molecule has 1 unspecified atom stereocenters. The molecule has 1 atom stereocenters. The Labute approximate surface area is 87.9 Å². The van der Waals surface area contributed by atoms with Crippen molar-refractivity contribution in [2.75, 3.05) is 13.7 Å². The molecule has 4 heteroatoms. The molecular formula is C11H15F2NO. The minimum absolute atomic E-state index is 0.0614. The van der Waals surface area contributed by atoms with E-state index in [4.69, 9.17) is 5.11 Å². The van der Waals surface area contributed by atoms with Crippen molar-refractivity contribution >= 4 is 0 Å². The van der Waals surface area contributed by atoms with E-state index < -0.39 is 17.2 Å². The van der Waals surface area contributed by atoms with Gasteiger partial charge in [0.1, 0.15) is 11.6 Å². The van der Waals surface area contributed by atoms with E-state index in [-0.39, 0.29) is 6.61 Å². The second-order valence-corrected chi connectivity index (χ2v) is 3.68. The largest absolute Gasteiger partial charge is 0.396 e. The second-order valence-electron chi connectivity index (χ2n) is 3.68. The minimum Gasteiger partial charge on any atom is -0.396 e. The van der Waals surface area contributed by atoms with Crippen LogP contribution in [0.4, 0.5) is 8.78 Å². The molecule has 0 saturated heterocycles. The highest BCUT2D eigenvalue weighted by Gasteiger charge is 2.27. The van der Waals surface area contributed by atoms with E-state index in [1.54, 1.807) is 14.0 Å². The molecule has 0 aliphatic carbocycles. The van der Waals surface area contributed by atoms with Gasteiger partial charge in [-0.05, 0) is 26.5 Å². The number of benzene rings is 1. The third kappa shape index (κ3) is 2.52. The maximum atomic E-state index is 13.5. The van der Waals surface area contributed by atoms with Gasteiger partial charge in [0.25, 0.3) is 0 Å². The standard InChI is InChI=1S/C11H15F2NO/c1-11(14-2,5-6-15)9-4-3-8(12)7-10(9)13/h3-4,7,14-15H,5-6H2,1-2H3. The normalized spacial score (nSPS) is 15.0. The van der Waals surface area contributed by atoms with Crippen LogP contribution in [0.1, 0.15) is 18.9 Å². The SMILES string of the molecule is CNC(C)(CCO)c1ccc(F)cc1F. The predicted octanol–water partition coefficient (Wildman–Crippen LogP) is 1.78. The molecule has 0 heterocycles. The monoisotopic (exact) mass is 215 g/mol. The number of nitrogens with one attached hydrogen (secondary N) is 1. The average molecular weight is 215 g/mol. The number of aliphatic hydroxyl groups is 1. The summed E-state index contributed by atoms with van der Waals surface area (Å²) < 4.78 is 26.2. The number of rotatable bonds is 4. The van der Waals surface area contributed by atoms with Crippen LogP contribution in [0.25, 0.3) is 0 Å². The van der Waals surface area contributed by atoms with Crippen LogP contribution < -0.4 is 5.32 Å². The molecule has 1 rings (SSSR count). The lowest BCUT2D eigenvalue weighted by molar-refractivity contribution is 0.225. The summed E-state index contributed by atoms with van der Waals surface area (Å²) in [4.78, 5) is 0. The zero-order valence-electron chi connectivity index (χ0n) is 8.85. The Bertz CT molecular complexity index is 343. The summed E-state index contributed by atoms with van der Waals surface area (Å²) in [6.07, 6.45) is 0.367. The fraction of sp³-hybridized carbons (Fsp3) is 0.455. The smallest absolute Gasteiger partial charge is 0.131 e. The molecule has 0 aliphatic heterocycles. The van der Waals surface area contributed by atoms with Gasteiger partial charge in [0, 0.05) is 23.8 Å². The Hall–Kier alpha value is -1.00. The molecule has 1 aromatic carbocycles. The van der Waals surface area contributed by atoms with Gasteiger partial charge in [-0.25, -0.2) is 8.78 Å². The van der Waals surface area contributed by atoms with Gasteiger partial charge in [0.15, 0.2) is 0 Å². The number of halogens is 2. The molecular weight excluding hydrogens is 200 g/mol. The summed E-state index contributed by atoms with van der Waals surface area (Å²) >= 11 is 0. The van der Waals surface area contributed by atoms with E-state index in [9.17, 15) is 8.78 Å². The predicted molar refractivity (Wildman–Crippen MR) is 54.5 cm³/mol. The van der Waals surface area contributed by atoms with Crippen molar-refractivity contribution in [1.82, 2.24) is 5.32 Å². The van der Waals surface area contributed by atoms with Gasteiger partial charge in [-0.15, -0.1) is 0 Å². The van der Waals surface area contributed by atoms with Gasteiger partial charge in [-0.2, -0.15) is 0 Å². The van der Waals surface area contributed by atoms with E-state index in [1.807, 2.05) is 0 Å². The topological polar surface area (TPSA) is 32.3 Å². The highest BCUT2D eigenvalue weighted by molar-refractivity contribution is 5.26. The van der Waals surface area contributed by atoms with Crippen LogP contribution in [0.2, 0.25) is 0 Å². The molecule has 0 radical (unpaired) electrons. The van der Waals surface area contributed by atoms with Gasteiger partial charge in [-0.1, -0.05) is 6.07 Å². The number of aliphatic hydroxyl groups excluding tert-OH is 1. The Morgan fingerprint density at radius 2 is 2.07 bits per heavy atom. The first kappa shape index (κ1) is 12.1. The average Bonchev–Trinajstić information content (AvgIpc) is 2.17. The zero-order chi connectivity index (χ0) is 11.5. The first-order chi connectivity index (χ1) is 7.03. The van der Waals surface area contributed by atoms with Crippen molar-refractivity contribution in [3.05, 3.63) is 35.4 Å². The fourth-order valence-corrected chi connectivity index (χ4v) is 1.55. The minimum atomic E-state index is -0.674. The third-order valence-corrected chi connectivity index (χ3v) is 2.69. The van der Waals surface area contributed by atoms with E-state index in [2.05, 4.69) is 5.32 Å². The second kappa shape index (κ2) is 4.68. The molecule has 0 fully saturated rings. The molecule has 0 amide bonds. The van der Waals surface area contributed by atoms with Crippen LogP contribution in [0, 0.1) is 11.6 Å². The van der Waals surface area contributed by atoms with Crippen molar-refractivity contribution in [3.63, 3.8) is 0 Å². The van der Waals surface area contributed by atoms with Crippen molar-refractivity contribution in [3.8, 4) is 0 Å². The van der Waals surface area contributed by atoms with Crippen LogP contribution in [-0.4, -0.2) is 18.8 Å². The van der Waals surface area contributed by atoms with Crippen LogP contribution in [-0.2, 0) is 5.54 Å². The summed E-state index contributed by atoms with van der Waals surface area (Å²) in [5, 5.41) is 11.8. The Morgan fingerprint density at radius 3 is 2.53 bits per heavy atom. The van der Waals surface area contributed by atoms with Gasteiger partial charge in [0.05, 0.1) is 0 Å². The van der Waals surface area contributed by atoms with Crippen LogP contribution in [0.5, 0.6) is 0 Å². The highest BCUT2D eigenvalue weighted by atomic mass is 19.1. The van der Waals surface area contributed by atoms with Crippen LogP contribution in [0.15, 0.2) is 18.2 Å². The Balaban J connectivity index is 3.12. The number of hydrogen-bond acceptors (Lipinski definition) is 2. The van der Waals surface area contributed by atoms with Crippen molar-refractivity contribution in [2.24, 2.45) is 0 Å². The molecule has 1 aromatic rings. The molecule has 2 N–H and O–H groups in total. The molecule has 0 bridgehead atoms. The summed E-state index contributed by atoms with van der Waals surface area (Å²) in [6.45, 7) is 1.70. The number of hydrogen-bond donors (Lipinski definition) is 2. The third-order valence-electron chi connectivity index (χ3n) is 2.69. The Morgan fingerprint density at radius 1 is 1.40 bits per heavy atom. The molecule has 0 saturated carbocycles. The maximum absolute atomic E-state index is 13.5. The summed E-state index contributed by atoms with van der Waals surface area (Å²) in [5.74, 6) is -1.20. The summed E-state index contributed by atoms with van der Waals surface area (Å²) in [5.41, 5.74) is -0.313. The van der Waals surface area contributed by atoms with E-state index in [1.165, 1.54) is 12.1 Å². The lowest BCUT2D eigenvalue weighted by atomic mass is 9.88. The first-order valence-corrected chi connectivity index (χ1v) is 4.79.